The number of hydrogen-bond acceptors (Lipinski definition) is 1. The van der Waals surface area contributed by atoms with E-state index in [0.717, 1.165) is 0 Å². The molecule has 12 heavy (non-hydrogen) atoms. The maximum Gasteiger partial charge on any atom is 0.0266 e. The first-order chi connectivity index (χ1) is 5.52. The van der Waals surface area contributed by atoms with E-state index in [2.05, 4.69) is 41.9 Å². The van der Waals surface area contributed by atoms with Gasteiger partial charge in [-0.05, 0) is 37.5 Å². The highest BCUT2D eigenvalue weighted by Crippen LogP contribution is 2.24. The van der Waals surface area contributed by atoms with Gasteiger partial charge in [0.25, 0.3) is 0 Å². The molecule has 2 N–H and O–H groups in total. The maximum atomic E-state index is 5.79. The predicted molar refractivity (Wildman–Crippen MR) is 56.2 cm³/mol. The molecule has 0 aliphatic rings. The molecule has 0 radical (unpaired) electrons. The second kappa shape index (κ2) is 3.58. The van der Waals surface area contributed by atoms with Crippen LogP contribution in [0.2, 0.25) is 0 Å². The van der Waals surface area contributed by atoms with Crippen molar-refractivity contribution in [3.63, 3.8) is 0 Å². The Hall–Kier alpha value is -0.340. The lowest BCUT2D eigenvalue weighted by atomic mass is 10.0. The Bertz CT molecular complexity index is 269. The summed E-state index contributed by atoms with van der Waals surface area (Å²) in [7, 11) is 0. The minimum Gasteiger partial charge on any atom is -0.324 e. The fourth-order valence-corrected chi connectivity index (χ4v) is 1.47. The second-order valence-corrected chi connectivity index (χ2v) is 4.05. The molecule has 0 spiro atoms. The third kappa shape index (κ3) is 1.87. The molecule has 0 bridgehead atoms. The molecule has 2 heteroatoms. The summed E-state index contributed by atoms with van der Waals surface area (Å²) in [4.78, 5) is 0. The quantitative estimate of drug-likeness (QED) is 0.785. The fraction of sp³-hybridized carbons (Fsp3) is 0.400. The Balaban J connectivity index is 3.21. The van der Waals surface area contributed by atoms with E-state index < -0.39 is 0 Å². The number of halogens is 1. The Labute approximate surface area is 82.1 Å². The molecule has 0 aliphatic carbocycles. The molecule has 0 saturated heterocycles. The molecule has 1 atom stereocenters. The van der Waals surface area contributed by atoms with E-state index in [1.165, 1.54) is 21.2 Å². The number of hydrogen-bond donors (Lipinski definition) is 1. The van der Waals surface area contributed by atoms with Gasteiger partial charge in [0.1, 0.15) is 0 Å². The van der Waals surface area contributed by atoms with Crippen LogP contribution in [0.5, 0.6) is 0 Å². The molecule has 0 heterocycles. The van der Waals surface area contributed by atoms with Gasteiger partial charge in [0.15, 0.2) is 0 Å². The standard InChI is InChI=1S/C10H14BrN/c1-6-4-9(8(3)12)5-7(2)10(6)11/h4-5,8H,12H2,1-3H3/t8-/m1/s1. The Morgan fingerprint density at radius 2 is 1.67 bits per heavy atom. The van der Waals surface area contributed by atoms with Crippen LogP contribution in [0, 0.1) is 13.8 Å². The number of rotatable bonds is 1. The molecule has 0 aromatic heterocycles. The second-order valence-electron chi connectivity index (χ2n) is 3.26. The zero-order chi connectivity index (χ0) is 9.30. The molecular weight excluding hydrogens is 214 g/mol. The molecule has 0 aliphatic heterocycles. The van der Waals surface area contributed by atoms with Crippen LogP contribution >= 0.6 is 15.9 Å². The monoisotopic (exact) mass is 227 g/mol. The van der Waals surface area contributed by atoms with Gasteiger partial charge >= 0.3 is 0 Å². The van der Waals surface area contributed by atoms with Gasteiger partial charge in [0.05, 0.1) is 0 Å². The van der Waals surface area contributed by atoms with Gasteiger partial charge in [-0.3, -0.25) is 0 Å². The summed E-state index contributed by atoms with van der Waals surface area (Å²) < 4.78 is 1.19. The summed E-state index contributed by atoms with van der Waals surface area (Å²) in [5.41, 5.74) is 9.49. The zero-order valence-corrected chi connectivity index (χ0v) is 9.27. The van der Waals surface area contributed by atoms with Gasteiger partial charge in [0, 0.05) is 10.5 Å². The first kappa shape index (κ1) is 9.75. The molecule has 1 rings (SSSR count). The van der Waals surface area contributed by atoms with Crippen LogP contribution in [0.3, 0.4) is 0 Å². The van der Waals surface area contributed by atoms with Gasteiger partial charge in [-0.2, -0.15) is 0 Å². The van der Waals surface area contributed by atoms with Crippen LogP contribution < -0.4 is 5.73 Å². The lowest BCUT2D eigenvalue weighted by Gasteiger charge is -2.10. The van der Waals surface area contributed by atoms with Gasteiger partial charge in [0.2, 0.25) is 0 Å². The first-order valence-electron chi connectivity index (χ1n) is 4.04. The van der Waals surface area contributed by atoms with E-state index in [-0.39, 0.29) is 6.04 Å². The van der Waals surface area contributed by atoms with Crippen LogP contribution in [0.1, 0.15) is 29.7 Å². The third-order valence-corrected chi connectivity index (χ3v) is 3.24. The van der Waals surface area contributed by atoms with Gasteiger partial charge in [-0.15, -0.1) is 0 Å². The highest BCUT2D eigenvalue weighted by molar-refractivity contribution is 9.10. The van der Waals surface area contributed by atoms with Crippen molar-refractivity contribution in [3.05, 3.63) is 33.3 Å². The summed E-state index contributed by atoms with van der Waals surface area (Å²) in [5, 5.41) is 0. The van der Waals surface area contributed by atoms with E-state index in [1.807, 2.05) is 6.92 Å². The van der Waals surface area contributed by atoms with Crippen LogP contribution in [0.4, 0.5) is 0 Å². The molecule has 66 valence electrons. The molecular formula is C10H14BrN. The third-order valence-electron chi connectivity index (χ3n) is 1.98. The van der Waals surface area contributed by atoms with E-state index in [0.29, 0.717) is 0 Å². The summed E-state index contributed by atoms with van der Waals surface area (Å²) in [5.74, 6) is 0. The van der Waals surface area contributed by atoms with Crippen LogP contribution in [-0.2, 0) is 0 Å². The molecule has 0 unspecified atom stereocenters. The minimum atomic E-state index is 0.121. The van der Waals surface area contributed by atoms with Crippen molar-refractivity contribution in [2.45, 2.75) is 26.8 Å². The summed E-state index contributed by atoms with van der Waals surface area (Å²) in [6, 6.07) is 4.37. The van der Waals surface area contributed by atoms with Gasteiger partial charge < -0.3 is 5.73 Å². The van der Waals surface area contributed by atoms with E-state index in [1.54, 1.807) is 0 Å². The molecule has 0 saturated carbocycles. The van der Waals surface area contributed by atoms with Gasteiger partial charge in [-0.25, -0.2) is 0 Å². The Morgan fingerprint density at radius 3 is 2.00 bits per heavy atom. The highest BCUT2D eigenvalue weighted by atomic mass is 79.9. The van der Waals surface area contributed by atoms with Gasteiger partial charge in [-0.1, -0.05) is 28.1 Å². The van der Waals surface area contributed by atoms with E-state index >= 15 is 0 Å². The van der Waals surface area contributed by atoms with E-state index in [9.17, 15) is 0 Å². The molecule has 1 nitrogen and oxygen atoms in total. The van der Waals surface area contributed by atoms with Crippen LogP contribution in [0.15, 0.2) is 16.6 Å². The topological polar surface area (TPSA) is 26.0 Å². The van der Waals surface area contributed by atoms with Crippen molar-refractivity contribution in [1.29, 1.82) is 0 Å². The number of aryl methyl sites for hydroxylation is 2. The average Bonchev–Trinajstić information content (AvgIpc) is 1.99. The van der Waals surface area contributed by atoms with Crippen molar-refractivity contribution < 1.29 is 0 Å². The summed E-state index contributed by atoms with van der Waals surface area (Å²) in [6.45, 7) is 6.17. The largest absolute Gasteiger partial charge is 0.324 e. The van der Waals surface area contributed by atoms with Crippen molar-refractivity contribution in [1.82, 2.24) is 0 Å². The highest BCUT2D eigenvalue weighted by Gasteiger charge is 2.04. The number of benzene rings is 1. The van der Waals surface area contributed by atoms with Crippen LogP contribution in [-0.4, -0.2) is 0 Å². The lowest BCUT2D eigenvalue weighted by Crippen LogP contribution is -2.05. The van der Waals surface area contributed by atoms with Crippen LogP contribution in [0.25, 0.3) is 0 Å². The Morgan fingerprint density at radius 1 is 1.25 bits per heavy atom. The summed E-state index contributed by atoms with van der Waals surface area (Å²) in [6.07, 6.45) is 0. The summed E-state index contributed by atoms with van der Waals surface area (Å²) >= 11 is 3.52. The normalized spacial score (nSPS) is 13.1. The SMILES string of the molecule is Cc1cc([C@@H](C)N)cc(C)c1Br. The minimum absolute atomic E-state index is 0.121. The molecule has 1 aromatic carbocycles. The smallest absolute Gasteiger partial charge is 0.0266 e. The van der Waals surface area contributed by atoms with E-state index in [4.69, 9.17) is 5.73 Å². The Kier molecular flexibility index (Phi) is 2.91. The zero-order valence-electron chi connectivity index (χ0n) is 7.69. The molecule has 1 aromatic rings. The molecule has 0 fully saturated rings. The fourth-order valence-electron chi connectivity index (χ4n) is 1.24. The van der Waals surface area contributed by atoms with Crippen molar-refractivity contribution >= 4 is 15.9 Å². The van der Waals surface area contributed by atoms with Crippen molar-refractivity contribution in [2.24, 2.45) is 5.73 Å². The number of nitrogens with two attached hydrogens (primary N) is 1. The predicted octanol–water partition coefficient (Wildman–Crippen LogP) is 3.09. The molecule has 0 amide bonds. The first-order valence-corrected chi connectivity index (χ1v) is 4.84. The van der Waals surface area contributed by atoms with Crippen molar-refractivity contribution in [3.8, 4) is 0 Å². The average molecular weight is 228 g/mol. The lowest BCUT2D eigenvalue weighted by molar-refractivity contribution is 0.815. The maximum absolute atomic E-state index is 5.79. The van der Waals surface area contributed by atoms with Crippen molar-refractivity contribution in [2.75, 3.05) is 0 Å².